The minimum atomic E-state index is 0.716. The highest BCUT2D eigenvalue weighted by molar-refractivity contribution is 5.23. The number of likely N-dealkylation sites (N-methyl/N-ethyl adjacent to an activating group) is 1. The van der Waals surface area contributed by atoms with Crippen LogP contribution >= 0.6 is 0 Å². The molecule has 21 heavy (non-hydrogen) atoms. The van der Waals surface area contributed by atoms with Crippen molar-refractivity contribution in [1.82, 2.24) is 15.1 Å². The zero-order valence-electron chi connectivity index (χ0n) is 13.9. The van der Waals surface area contributed by atoms with Gasteiger partial charge in [-0.05, 0) is 57.6 Å². The van der Waals surface area contributed by atoms with Crippen molar-refractivity contribution in [1.29, 1.82) is 0 Å². The van der Waals surface area contributed by atoms with Crippen molar-refractivity contribution in [3.05, 3.63) is 35.4 Å². The predicted octanol–water partition coefficient (Wildman–Crippen LogP) is 2.71. The van der Waals surface area contributed by atoms with Gasteiger partial charge in [0.1, 0.15) is 0 Å². The Morgan fingerprint density at radius 3 is 2.86 bits per heavy atom. The first-order valence-corrected chi connectivity index (χ1v) is 8.36. The van der Waals surface area contributed by atoms with Gasteiger partial charge in [-0.3, -0.25) is 4.90 Å². The van der Waals surface area contributed by atoms with Crippen LogP contribution in [0.15, 0.2) is 24.3 Å². The first-order chi connectivity index (χ1) is 10.2. The lowest BCUT2D eigenvalue weighted by Crippen LogP contribution is -2.44. The van der Waals surface area contributed by atoms with E-state index in [-0.39, 0.29) is 0 Å². The van der Waals surface area contributed by atoms with E-state index in [0.29, 0.717) is 6.04 Å². The predicted molar refractivity (Wildman–Crippen MR) is 90.4 cm³/mol. The zero-order valence-corrected chi connectivity index (χ0v) is 13.9. The van der Waals surface area contributed by atoms with Gasteiger partial charge < -0.3 is 10.2 Å². The molecule has 0 amide bonds. The van der Waals surface area contributed by atoms with Gasteiger partial charge in [0.15, 0.2) is 0 Å². The third-order valence-electron chi connectivity index (χ3n) is 4.36. The molecule has 1 aromatic carbocycles. The van der Waals surface area contributed by atoms with Gasteiger partial charge >= 0.3 is 0 Å². The summed E-state index contributed by atoms with van der Waals surface area (Å²) in [5.74, 6) is 0. The molecule has 0 aliphatic carbocycles. The monoisotopic (exact) mass is 289 g/mol. The molecule has 0 radical (unpaired) electrons. The second-order valence-corrected chi connectivity index (χ2v) is 6.49. The molecule has 118 valence electrons. The van der Waals surface area contributed by atoms with Crippen LogP contribution in [0.3, 0.4) is 0 Å². The van der Waals surface area contributed by atoms with Crippen molar-refractivity contribution in [2.75, 3.05) is 33.7 Å². The van der Waals surface area contributed by atoms with Crippen LogP contribution in [0, 0.1) is 0 Å². The highest BCUT2D eigenvalue weighted by atomic mass is 15.2. The standard InChI is InChI=1S/C18H31N3/c1-4-10-19-13-16-7-5-8-17(12-16)14-21-11-6-9-18(15-21)20(2)3/h5,7-8,12,18-19H,4,6,9-11,13-15H2,1-3H3. The van der Waals surface area contributed by atoms with Crippen LogP contribution in [0.1, 0.15) is 37.3 Å². The summed E-state index contributed by atoms with van der Waals surface area (Å²) in [7, 11) is 4.41. The fourth-order valence-electron chi connectivity index (χ4n) is 3.10. The Morgan fingerprint density at radius 2 is 2.10 bits per heavy atom. The largest absolute Gasteiger partial charge is 0.313 e. The van der Waals surface area contributed by atoms with E-state index in [0.717, 1.165) is 19.6 Å². The Kier molecular flexibility index (Phi) is 6.68. The Balaban J connectivity index is 1.88. The van der Waals surface area contributed by atoms with E-state index in [1.165, 1.54) is 43.5 Å². The van der Waals surface area contributed by atoms with Crippen LogP contribution in [-0.2, 0) is 13.1 Å². The van der Waals surface area contributed by atoms with E-state index in [4.69, 9.17) is 0 Å². The topological polar surface area (TPSA) is 18.5 Å². The van der Waals surface area contributed by atoms with Crippen molar-refractivity contribution >= 4 is 0 Å². The molecule has 2 rings (SSSR count). The van der Waals surface area contributed by atoms with Crippen molar-refractivity contribution in [2.24, 2.45) is 0 Å². The molecule has 0 saturated carbocycles. The molecule has 1 N–H and O–H groups in total. The average molecular weight is 289 g/mol. The smallest absolute Gasteiger partial charge is 0.0234 e. The molecule has 3 nitrogen and oxygen atoms in total. The molecule has 1 aliphatic rings. The summed E-state index contributed by atoms with van der Waals surface area (Å²) in [5, 5.41) is 3.48. The van der Waals surface area contributed by atoms with E-state index < -0.39 is 0 Å². The van der Waals surface area contributed by atoms with E-state index in [1.807, 2.05) is 0 Å². The van der Waals surface area contributed by atoms with Crippen molar-refractivity contribution < 1.29 is 0 Å². The van der Waals surface area contributed by atoms with Crippen LogP contribution < -0.4 is 5.32 Å². The van der Waals surface area contributed by atoms with Gasteiger partial charge in [-0.2, -0.15) is 0 Å². The quantitative estimate of drug-likeness (QED) is 0.779. The number of likely N-dealkylation sites (tertiary alicyclic amines) is 1. The molecule has 0 spiro atoms. The number of nitrogens with one attached hydrogen (secondary N) is 1. The lowest BCUT2D eigenvalue weighted by Gasteiger charge is -2.36. The SMILES string of the molecule is CCCNCc1cccc(CN2CCCC(N(C)C)C2)c1. The minimum absolute atomic E-state index is 0.716. The molecule has 1 atom stereocenters. The highest BCUT2D eigenvalue weighted by Crippen LogP contribution is 2.17. The zero-order chi connectivity index (χ0) is 15.1. The van der Waals surface area contributed by atoms with E-state index in [9.17, 15) is 0 Å². The summed E-state index contributed by atoms with van der Waals surface area (Å²) in [6.45, 7) is 7.82. The molecule has 1 fully saturated rings. The Labute approximate surface area is 130 Å². The number of nitrogens with zero attached hydrogens (tertiary/aromatic N) is 2. The number of rotatable bonds is 7. The first-order valence-electron chi connectivity index (χ1n) is 8.36. The lowest BCUT2D eigenvalue weighted by atomic mass is 10.0. The fraction of sp³-hybridized carbons (Fsp3) is 0.667. The summed E-state index contributed by atoms with van der Waals surface area (Å²) >= 11 is 0. The molecule has 1 saturated heterocycles. The minimum Gasteiger partial charge on any atom is -0.313 e. The van der Waals surface area contributed by atoms with Gasteiger partial charge in [-0.25, -0.2) is 0 Å². The van der Waals surface area contributed by atoms with Gasteiger partial charge in [0.05, 0.1) is 0 Å². The van der Waals surface area contributed by atoms with Crippen molar-refractivity contribution in [3.8, 4) is 0 Å². The van der Waals surface area contributed by atoms with Gasteiger partial charge in [0.25, 0.3) is 0 Å². The summed E-state index contributed by atoms with van der Waals surface area (Å²) in [4.78, 5) is 4.98. The average Bonchev–Trinajstić information content (AvgIpc) is 2.48. The Bertz CT molecular complexity index is 417. The van der Waals surface area contributed by atoms with Crippen molar-refractivity contribution in [3.63, 3.8) is 0 Å². The van der Waals surface area contributed by atoms with Crippen molar-refractivity contribution in [2.45, 2.75) is 45.3 Å². The highest BCUT2D eigenvalue weighted by Gasteiger charge is 2.21. The first kappa shape index (κ1) is 16.5. The number of piperidine rings is 1. The Hall–Kier alpha value is -0.900. The molecule has 3 heteroatoms. The second-order valence-electron chi connectivity index (χ2n) is 6.49. The van der Waals surface area contributed by atoms with Crippen LogP contribution in [0.2, 0.25) is 0 Å². The van der Waals surface area contributed by atoms with Gasteiger partial charge in [0.2, 0.25) is 0 Å². The number of hydrogen-bond donors (Lipinski definition) is 1. The molecular weight excluding hydrogens is 258 g/mol. The molecular formula is C18H31N3. The normalized spacial score (nSPS) is 20.1. The number of benzene rings is 1. The molecule has 1 aromatic rings. The second kappa shape index (κ2) is 8.52. The van der Waals surface area contributed by atoms with Gasteiger partial charge in [-0.15, -0.1) is 0 Å². The molecule has 1 unspecified atom stereocenters. The summed E-state index contributed by atoms with van der Waals surface area (Å²) < 4.78 is 0. The van der Waals surface area contributed by atoms with Gasteiger partial charge in [-0.1, -0.05) is 31.2 Å². The maximum absolute atomic E-state index is 3.48. The number of hydrogen-bond acceptors (Lipinski definition) is 3. The third-order valence-corrected chi connectivity index (χ3v) is 4.36. The summed E-state index contributed by atoms with van der Waals surface area (Å²) in [5.41, 5.74) is 2.85. The van der Waals surface area contributed by atoms with E-state index >= 15 is 0 Å². The Morgan fingerprint density at radius 1 is 1.29 bits per heavy atom. The molecule has 1 aliphatic heterocycles. The van der Waals surface area contributed by atoms with E-state index in [1.54, 1.807) is 0 Å². The summed E-state index contributed by atoms with van der Waals surface area (Å²) in [6.07, 6.45) is 3.85. The molecule has 0 bridgehead atoms. The van der Waals surface area contributed by atoms with Crippen LogP contribution in [0.25, 0.3) is 0 Å². The van der Waals surface area contributed by atoms with Crippen LogP contribution in [0.5, 0.6) is 0 Å². The fourth-order valence-corrected chi connectivity index (χ4v) is 3.10. The van der Waals surface area contributed by atoms with E-state index in [2.05, 4.69) is 60.4 Å². The molecule has 0 aromatic heterocycles. The van der Waals surface area contributed by atoms with Crippen LogP contribution in [0.4, 0.5) is 0 Å². The third kappa shape index (κ3) is 5.42. The maximum Gasteiger partial charge on any atom is 0.0234 e. The summed E-state index contributed by atoms with van der Waals surface area (Å²) in [6, 6.07) is 9.77. The lowest BCUT2D eigenvalue weighted by molar-refractivity contribution is 0.128. The van der Waals surface area contributed by atoms with Gasteiger partial charge in [0, 0.05) is 25.7 Å². The molecule has 1 heterocycles. The van der Waals surface area contributed by atoms with Crippen LogP contribution in [-0.4, -0.2) is 49.6 Å². The maximum atomic E-state index is 3.48.